The summed E-state index contributed by atoms with van der Waals surface area (Å²) in [7, 11) is 0. The van der Waals surface area contributed by atoms with Gasteiger partial charge in [-0.15, -0.1) is 0 Å². The van der Waals surface area contributed by atoms with Crippen molar-refractivity contribution < 1.29 is 4.79 Å². The second-order valence-electron chi connectivity index (χ2n) is 3.11. The van der Waals surface area contributed by atoms with E-state index in [0.717, 1.165) is 5.69 Å². The standard InChI is InChI=1S/C10H10N4O/c1-7-3-2-4-9(13-7)10(15)14-8-5-11-12-6-8/h2-6H,1H3,(H,11,12)(H,14,15). The summed E-state index contributed by atoms with van der Waals surface area (Å²) in [5.41, 5.74) is 1.84. The minimum absolute atomic E-state index is 0.236. The molecule has 0 aliphatic rings. The number of aromatic nitrogens is 3. The van der Waals surface area contributed by atoms with E-state index in [9.17, 15) is 4.79 Å². The monoisotopic (exact) mass is 202 g/mol. The van der Waals surface area contributed by atoms with Gasteiger partial charge in [0.05, 0.1) is 11.9 Å². The fraction of sp³-hybridized carbons (Fsp3) is 0.100. The van der Waals surface area contributed by atoms with Crippen molar-refractivity contribution in [3.05, 3.63) is 42.0 Å². The molecular formula is C10H10N4O. The van der Waals surface area contributed by atoms with Crippen LogP contribution in [0.4, 0.5) is 5.69 Å². The predicted octanol–water partition coefficient (Wildman–Crippen LogP) is 1.37. The third-order valence-electron chi connectivity index (χ3n) is 1.88. The molecule has 0 fully saturated rings. The lowest BCUT2D eigenvalue weighted by molar-refractivity contribution is 0.102. The fourth-order valence-electron chi connectivity index (χ4n) is 1.18. The number of nitrogens with one attached hydrogen (secondary N) is 2. The van der Waals surface area contributed by atoms with E-state index in [-0.39, 0.29) is 5.91 Å². The van der Waals surface area contributed by atoms with Crippen LogP contribution >= 0.6 is 0 Å². The van der Waals surface area contributed by atoms with Crippen LogP contribution in [0.25, 0.3) is 0 Å². The second kappa shape index (κ2) is 3.91. The first-order chi connectivity index (χ1) is 7.25. The quantitative estimate of drug-likeness (QED) is 0.772. The highest BCUT2D eigenvalue weighted by Crippen LogP contribution is 2.05. The number of rotatable bonds is 2. The van der Waals surface area contributed by atoms with Crippen molar-refractivity contribution in [3.8, 4) is 0 Å². The van der Waals surface area contributed by atoms with Gasteiger partial charge in [-0.25, -0.2) is 4.98 Å². The Hall–Kier alpha value is -2.17. The number of H-pyrrole nitrogens is 1. The molecule has 2 rings (SSSR count). The molecule has 5 nitrogen and oxygen atoms in total. The Bertz CT molecular complexity index is 464. The summed E-state index contributed by atoms with van der Waals surface area (Å²) >= 11 is 0. The normalized spacial score (nSPS) is 9.93. The number of pyridine rings is 1. The van der Waals surface area contributed by atoms with Gasteiger partial charge in [0.25, 0.3) is 5.91 Å². The molecule has 0 aliphatic carbocycles. The minimum atomic E-state index is -0.236. The van der Waals surface area contributed by atoms with Gasteiger partial charge in [0.2, 0.25) is 0 Å². The summed E-state index contributed by atoms with van der Waals surface area (Å²) in [5, 5.41) is 9.01. The predicted molar refractivity (Wildman–Crippen MR) is 55.5 cm³/mol. The van der Waals surface area contributed by atoms with Gasteiger partial charge >= 0.3 is 0 Å². The van der Waals surface area contributed by atoms with Gasteiger partial charge in [-0.05, 0) is 19.1 Å². The lowest BCUT2D eigenvalue weighted by Gasteiger charge is -2.01. The van der Waals surface area contributed by atoms with Crippen molar-refractivity contribution in [1.29, 1.82) is 0 Å². The van der Waals surface area contributed by atoms with Crippen molar-refractivity contribution in [2.75, 3.05) is 5.32 Å². The number of hydrogen-bond acceptors (Lipinski definition) is 3. The number of nitrogens with zero attached hydrogens (tertiary/aromatic N) is 2. The van der Waals surface area contributed by atoms with Crippen molar-refractivity contribution in [2.24, 2.45) is 0 Å². The lowest BCUT2D eigenvalue weighted by atomic mass is 10.3. The molecule has 0 aliphatic heterocycles. The maximum absolute atomic E-state index is 11.6. The third-order valence-corrected chi connectivity index (χ3v) is 1.88. The Morgan fingerprint density at radius 2 is 2.33 bits per heavy atom. The van der Waals surface area contributed by atoms with Crippen molar-refractivity contribution in [1.82, 2.24) is 15.2 Å². The third kappa shape index (κ3) is 2.19. The molecule has 2 heterocycles. The number of carbonyl (C=O) groups is 1. The number of aromatic amines is 1. The Morgan fingerprint density at radius 1 is 1.47 bits per heavy atom. The summed E-state index contributed by atoms with van der Waals surface area (Å²) < 4.78 is 0. The molecule has 0 radical (unpaired) electrons. The number of aryl methyl sites for hydroxylation is 1. The number of hydrogen-bond donors (Lipinski definition) is 2. The van der Waals surface area contributed by atoms with Gasteiger partial charge in [0, 0.05) is 11.9 Å². The summed E-state index contributed by atoms with van der Waals surface area (Å²) in [6.45, 7) is 1.84. The number of anilines is 1. The molecule has 2 aromatic rings. The molecule has 0 unspecified atom stereocenters. The van der Waals surface area contributed by atoms with E-state index in [0.29, 0.717) is 11.4 Å². The van der Waals surface area contributed by atoms with Gasteiger partial charge in [-0.1, -0.05) is 6.07 Å². The Labute approximate surface area is 86.5 Å². The van der Waals surface area contributed by atoms with Crippen LogP contribution in [0.15, 0.2) is 30.6 Å². The van der Waals surface area contributed by atoms with Gasteiger partial charge in [-0.2, -0.15) is 5.10 Å². The van der Waals surface area contributed by atoms with Crippen molar-refractivity contribution >= 4 is 11.6 Å². The maximum Gasteiger partial charge on any atom is 0.274 e. The molecule has 15 heavy (non-hydrogen) atoms. The lowest BCUT2D eigenvalue weighted by Crippen LogP contribution is -2.13. The molecule has 0 bridgehead atoms. The van der Waals surface area contributed by atoms with Crippen LogP contribution in [-0.2, 0) is 0 Å². The summed E-state index contributed by atoms with van der Waals surface area (Å²) in [4.78, 5) is 15.8. The Kier molecular flexibility index (Phi) is 2.45. The van der Waals surface area contributed by atoms with Crippen LogP contribution < -0.4 is 5.32 Å². The second-order valence-corrected chi connectivity index (χ2v) is 3.11. The highest BCUT2D eigenvalue weighted by Gasteiger charge is 2.07. The van der Waals surface area contributed by atoms with E-state index in [1.165, 1.54) is 6.20 Å². The zero-order chi connectivity index (χ0) is 10.7. The molecule has 0 saturated carbocycles. The highest BCUT2D eigenvalue weighted by molar-refractivity contribution is 6.02. The zero-order valence-electron chi connectivity index (χ0n) is 8.19. The molecule has 0 atom stereocenters. The molecule has 0 saturated heterocycles. The first-order valence-electron chi connectivity index (χ1n) is 4.49. The van der Waals surface area contributed by atoms with Gasteiger partial charge in [0.1, 0.15) is 5.69 Å². The van der Waals surface area contributed by atoms with Crippen molar-refractivity contribution in [3.63, 3.8) is 0 Å². The average Bonchev–Trinajstić information content (AvgIpc) is 2.70. The van der Waals surface area contributed by atoms with E-state index in [2.05, 4.69) is 20.5 Å². The largest absolute Gasteiger partial charge is 0.318 e. The van der Waals surface area contributed by atoms with E-state index in [1.54, 1.807) is 18.3 Å². The Morgan fingerprint density at radius 3 is 3.00 bits per heavy atom. The SMILES string of the molecule is Cc1cccc(C(=O)Nc2cn[nH]c2)n1. The Balaban J connectivity index is 2.15. The van der Waals surface area contributed by atoms with Crippen molar-refractivity contribution in [2.45, 2.75) is 6.92 Å². The first kappa shape index (κ1) is 9.39. The highest BCUT2D eigenvalue weighted by atomic mass is 16.1. The van der Waals surface area contributed by atoms with E-state index >= 15 is 0 Å². The molecule has 2 aromatic heterocycles. The van der Waals surface area contributed by atoms with Gasteiger partial charge in [-0.3, -0.25) is 9.89 Å². The smallest absolute Gasteiger partial charge is 0.274 e. The molecule has 0 spiro atoms. The summed E-state index contributed by atoms with van der Waals surface area (Å²) in [6, 6.07) is 5.31. The average molecular weight is 202 g/mol. The minimum Gasteiger partial charge on any atom is -0.318 e. The molecule has 76 valence electrons. The van der Waals surface area contributed by atoms with Crippen LogP contribution in [0.3, 0.4) is 0 Å². The molecule has 2 N–H and O–H groups in total. The maximum atomic E-state index is 11.6. The number of amides is 1. The van der Waals surface area contributed by atoms with Crippen LogP contribution in [0.2, 0.25) is 0 Å². The fourth-order valence-corrected chi connectivity index (χ4v) is 1.18. The zero-order valence-corrected chi connectivity index (χ0v) is 8.19. The van der Waals surface area contributed by atoms with Crippen LogP contribution in [0, 0.1) is 6.92 Å². The van der Waals surface area contributed by atoms with Crippen LogP contribution in [0.1, 0.15) is 16.2 Å². The summed E-state index contributed by atoms with van der Waals surface area (Å²) in [6.07, 6.45) is 3.14. The topological polar surface area (TPSA) is 70.7 Å². The van der Waals surface area contributed by atoms with Crippen LogP contribution in [0.5, 0.6) is 0 Å². The van der Waals surface area contributed by atoms with Gasteiger partial charge < -0.3 is 5.32 Å². The number of carbonyl (C=O) groups excluding carboxylic acids is 1. The van der Waals surface area contributed by atoms with E-state index in [1.807, 2.05) is 13.0 Å². The summed E-state index contributed by atoms with van der Waals surface area (Å²) in [5.74, 6) is -0.236. The van der Waals surface area contributed by atoms with E-state index < -0.39 is 0 Å². The molecular weight excluding hydrogens is 192 g/mol. The first-order valence-corrected chi connectivity index (χ1v) is 4.49. The van der Waals surface area contributed by atoms with Crippen LogP contribution in [-0.4, -0.2) is 21.1 Å². The molecule has 0 aromatic carbocycles. The van der Waals surface area contributed by atoms with Gasteiger partial charge in [0.15, 0.2) is 0 Å². The molecule has 1 amide bonds. The molecule has 5 heteroatoms. The van der Waals surface area contributed by atoms with E-state index in [4.69, 9.17) is 0 Å².